The maximum absolute atomic E-state index is 9.46. The molecule has 0 spiro atoms. The van der Waals surface area contributed by atoms with E-state index >= 15 is 0 Å². The average molecular weight is 156 g/mol. The van der Waals surface area contributed by atoms with Gasteiger partial charge in [-0.15, -0.1) is 0 Å². The summed E-state index contributed by atoms with van der Waals surface area (Å²) in [6.07, 6.45) is 2.46. The summed E-state index contributed by atoms with van der Waals surface area (Å²) in [5.74, 6) is 0.578. The molecule has 66 valence electrons. The van der Waals surface area contributed by atoms with Crippen LogP contribution in [-0.4, -0.2) is 11.2 Å². The van der Waals surface area contributed by atoms with Gasteiger partial charge >= 0.3 is 0 Å². The van der Waals surface area contributed by atoms with Crippen LogP contribution in [0.25, 0.3) is 0 Å². The third kappa shape index (κ3) is 6.11. The lowest BCUT2D eigenvalue weighted by Crippen LogP contribution is -2.10. The lowest BCUT2D eigenvalue weighted by Gasteiger charge is -2.13. The Morgan fingerprint density at radius 2 is 2.00 bits per heavy atom. The summed E-state index contributed by atoms with van der Waals surface area (Å²) < 4.78 is 0. The van der Waals surface area contributed by atoms with Gasteiger partial charge in [0.25, 0.3) is 0 Å². The predicted octanol–water partition coefficient (Wildman–Crippen LogP) is 2.75. The Morgan fingerprint density at radius 1 is 1.45 bits per heavy atom. The van der Waals surface area contributed by atoms with Gasteiger partial charge in [0.05, 0.1) is 6.10 Å². The second-order valence-corrected chi connectivity index (χ2v) is 3.59. The van der Waals surface area contributed by atoms with Crippen LogP contribution in [0.1, 0.15) is 40.0 Å². The zero-order valence-corrected chi connectivity index (χ0v) is 7.93. The number of aliphatic hydroxyl groups is 1. The van der Waals surface area contributed by atoms with Crippen LogP contribution in [0.5, 0.6) is 0 Å². The van der Waals surface area contributed by atoms with Crippen LogP contribution < -0.4 is 0 Å². The van der Waals surface area contributed by atoms with Gasteiger partial charge in [0.15, 0.2) is 0 Å². The molecule has 0 aromatic heterocycles. The summed E-state index contributed by atoms with van der Waals surface area (Å²) in [5.41, 5.74) is 1.15. The van der Waals surface area contributed by atoms with Crippen LogP contribution in [0.4, 0.5) is 0 Å². The van der Waals surface area contributed by atoms with Crippen LogP contribution in [0.3, 0.4) is 0 Å². The largest absolute Gasteiger partial charge is 0.393 e. The van der Waals surface area contributed by atoms with Crippen molar-refractivity contribution in [1.29, 1.82) is 0 Å². The van der Waals surface area contributed by atoms with Crippen molar-refractivity contribution >= 4 is 0 Å². The van der Waals surface area contributed by atoms with Crippen LogP contribution in [0.15, 0.2) is 12.2 Å². The van der Waals surface area contributed by atoms with Crippen molar-refractivity contribution in [1.82, 2.24) is 0 Å². The summed E-state index contributed by atoms with van der Waals surface area (Å²) in [7, 11) is 0. The van der Waals surface area contributed by atoms with Crippen molar-refractivity contribution in [2.45, 2.75) is 46.1 Å². The molecule has 0 aliphatic heterocycles. The van der Waals surface area contributed by atoms with Gasteiger partial charge in [-0.2, -0.15) is 0 Å². The van der Waals surface area contributed by atoms with E-state index in [0.29, 0.717) is 5.92 Å². The van der Waals surface area contributed by atoms with Crippen molar-refractivity contribution in [2.75, 3.05) is 0 Å². The molecule has 0 bridgehead atoms. The monoisotopic (exact) mass is 156 g/mol. The van der Waals surface area contributed by atoms with Gasteiger partial charge in [-0.05, 0) is 25.2 Å². The molecule has 0 radical (unpaired) electrons. The Bertz CT molecular complexity index is 116. The van der Waals surface area contributed by atoms with Gasteiger partial charge in [-0.25, -0.2) is 0 Å². The van der Waals surface area contributed by atoms with E-state index in [-0.39, 0.29) is 6.10 Å². The summed E-state index contributed by atoms with van der Waals surface area (Å²) in [6, 6.07) is 0. The zero-order valence-electron chi connectivity index (χ0n) is 7.93. The highest BCUT2D eigenvalue weighted by atomic mass is 16.3. The molecular formula is C10H20O. The topological polar surface area (TPSA) is 20.2 Å². The van der Waals surface area contributed by atoms with Gasteiger partial charge in [0.2, 0.25) is 0 Å². The highest BCUT2D eigenvalue weighted by Gasteiger charge is 2.07. The van der Waals surface area contributed by atoms with E-state index in [1.807, 2.05) is 0 Å². The Labute approximate surface area is 70.1 Å². The van der Waals surface area contributed by atoms with Gasteiger partial charge < -0.3 is 5.11 Å². The lowest BCUT2D eigenvalue weighted by molar-refractivity contribution is 0.148. The first-order chi connectivity index (χ1) is 5.06. The molecule has 1 heteroatoms. The van der Waals surface area contributed by atoms with E-state index in [4.69, 9.17) is 0 Å². The smallest absolute Gasteiger partial charge is 0.0579 e. The van der Waals surface area contributed by atoms with Crippen molar-refractivity contribution in [3.05, 3.63) is 12.2 Å². The molecule has 1 N–H and O–H groups in total. The van der Waals surface area contributed by atoms with E-state index in [9.17, 15) is 5.11 Å². The molecule has 0 fully saturated rings. The minimum Gasteiger partial charge on any atom is -0.393 e. The van der Waals surface area contributed by atoms with Crippen LogP contribution >= 0.6 is 0 Å². The van der Waals surface area contributed by atoms with Crippen molar-refractivity contribution in [3.8, 4) is 0 Å². The Balaban J connectivity index is 3.51. The molecule has 0 aromatic rings. The summed E-state index contributed by atoms with van der Waals surface area (Å²) >= 11 is 0. The molecule has 0 saturated heterocycles. The second kappa shape index (κ2) is 5.36. The zero-order chi connectivity index (χ0) is 8.85. The van der Waals surface area contributed by atoms with E-state index in [1.165, 1.54) is 0 Å². The first kappa shape index (κ1) is 10.7. The van der Waals surface area contributed by atoms with E-state index in [1.54, 1.807) is 0 Å². The first-order valence-electron chi connectivity index (χ1n) is 4.41. The number of aliphatic hydroxyl groups excluding tert-OH is 1. The van der Waals surface area contributed by atoms with Gasteiger partial charge in [0, 0.05) is 0 Å². The molecule has 1 nitrogen and oxygen atoms in total. The van der Waals surface area contributed by atoms with Crippen molar-refractivity contribution < 1.29 is 5.11 Å². The van der Waals surface area contributed by atoms with E-state index in [0.717, 1.165) is 24.8 Å². The van der Waals surface area contributed by atoms with Crippen LogP contribution in [0, 0.1) is 5.92 Å². The summed E-state index contributed by atoms with van der Waals surface area (Å²) in [5, 5.41) is 9.46. The molecule has 0 saturated carbocycles. The fraction of sp³-hybridized carbons (Fsp3) is 0.800. The van der Waals surface area contributed by atoms with Crippen molar-refractivity contribution in [3.63, 3.8) is 0 Å². The average Bonchev–Trinajstić information content (AvgIpc) is 1.85. The minimum absolute atomic E-state index is 0.178. The quantitative estimate of drug-likeness (QED) is 0.607. The van der Waals surface area contributed by atoms with Crippen LogP contribution in [0.2, 0.25) is 0 Å². The molecule has 0 heterocycles. The van der Waals surface area contributed by atoms with Crippen molar-refractivity contribution in [2.24, 2.45) is 5.92 Å². The first-order valence-corrected chi connectivity index (χ1v) is 4.41. The van der Waals surface area contributed by atoms with Gasteiger partial charge in [-0.3, -0.25) is 0 Å². The lowest BCUT2D eigenvalue weighted by atomic mass is 9.99. The fourth-order valence-electron chi connectivity index (χ4n) is 1.11. The standard InChI is InChI=1S/C10H20O/c1-5-9(4)7-10(11)6-8(2)3/h8,10-11H,4-7H2,1-3H3. The Kier molecular flexibility index (Phi) is 5.22. The molecule has 1 unspecified atom stereocenters. The Morgan fingerprint density at radius 3 is 2.36 bits per heavy atom. The van der Waals surface area contributed by atoms with Gasteiger partial charge in [0.1, 0.15) is 0 Å². The maximum Gasteiger partial charge on any atom is 0.0579 e. The molecule has 0 aliphatic carbocycles. The number of hydrogen-bond acceptors (Lipinski definition) is 1. The summed E-state index contributed by atoms with van der Waals surface area (Å²) in [6.45, 7) is 10.2. The van der Waals surface area contributed by atoms with E-state index < -0.39 is 0 Å². The molecule has 0 rings (SSSR count). The molecule has 1 atom stereocenters. The molecule has 0 amide bonds. The molecule has 0 aromatic carbocycles. The minimum atomic E-state index is -0.178. The third-order valence-corrected chi connectivity index (χ3v) is 1.77. The highest BCUT2D eigenvalue weighted by Crippen LogP contribution is 2.13. The summed E-state index contributed by atoms with van der Waals surface area (Å²) in [4.78, 5) is 0. The number of rotatable bonds is 5. The normalized spacial score (nSPS) is 13.5. The van der Waals surface area contributed by atoms with Gasteiger partial charge in [-0.1, -0.05) is 32.9 Å². The fourth-order valence-corrected chi connectivity index (χ4v) is 1.11. The van der Waals surface area contributed by atoms with E-state index in [2.05, 4.69) is 27.4 Å². The third-order valence-electron chi connectivity index (χ3n) is 1.77. The predicted molar refractivity (Wildman–Crippen MR) is 49.5 cm³/mol. The maximum atomic E-state index is 9.46. The SMILES string of the molecule is C=C(CC)CC(O)CC(C)C. The molecule has 0 aliphatic rings. The highest BCUT2D eigenvalue weighted by molar-refractivity contribution is 4.94. The second-order valence-electron chi connectivity index (χ2n) is 3.59. The molecular weight excluding hydrogens is 136 g/mol. The molecule has 11 heavy (non-hydrogen) atoms. The number of hydrogen-bond donors (Lipinski definition) is 1. The Hall–Kier alpha value is -0.300. The van der Waals surface area contributed by atoms with Crippen LogP contribution in [-0.2, 0) is 0 Å².